The quantitative estimate of drug-likeness (QED) is 0.867. The van der Waals surface area contributed by atoms with Crippen LogP contribution in [0.1, 0.15) is 25.0 Å². The Morgan fingerprint density at radius 2 is 2.28 bits per heavy atom. The molecule has 1 saturated heterocycles. The van der Waals surface area contributed by atoms with Crippen LogP contribution >= 0.6 is 0 Å². The first kappa shape index (κ1) is 13.0. The molecule has 1 heterocycles. The van der Waals surface area contributed by atoms with Gasteiger partial charge in [0, 0.05) is 31.7 Å². The van der Waals surface area contributed by atoms with Crippen LogP contribution in [0.5, 0.6) is 0 Å². The molecule has 0 saturated carbocycles. The highest BCUT2D eigenvalue weighted by Gasteiger charge is 2.29. The summed E-state index contributed by atoms with van der Waals surface area (Å²) < 4.78 is 13.3. The summed E-state index contributed by atoms with van der Waals surface area (Å²) in [5.74, 6) is -0.444. The van der Waals surface area contributed by atoms with E-state index in [1.807, 2.05) is 6.07 Å². The van der Waals surface area contributed by atoms with Crippen LogP contribution in [-0.4, -0.2) is 30.1 Å². The Labute approximate surface area is 107 Å². The Morgan fingerprint density at radius 3 is 2.94 bits per heavy atom. The molecule has 1 N–H and O–H groups in total. The number of nitrogens with one attached hydrogen (secondary N) is 1. The average Bonchev–Trinajstić information content (AvgIpc) is 2.34. The third kappa shape index (κ3) is 2.69. The van der Waals surface area contributed by atoms with Crippen molar-refractivity contribution in [3.05, 3.63) is 35.1 Å². The van der Waals surface area contributed by atoms with Crippen LogP contribution in [0.15, 0.2) is 18.2 Å². The maximum absolute atomic E-state index is 13.3. The maximum Gasteiger partial charge on any atom is 0.140 e. The maximum atomic E-state index is 13.3. The first-order chi connectivity index (χ1) is 8.53. The van der Waals surface area contributed by atoms with Crippen molar-refractivity contribution in [2.24, 2.45) is 0 Å². The summed E-state index contributed by atoms with van der Waals surface area (Å²) in [6.07, 6.45) is 0. The van der Waals surface area contributed by atoms with Gasteiger partial charge in [0.1, 0.15) is 11.9 Å². The third-order valence-corrected chi connectivity index (χ3v) is 3.50. The van der Waals surface area contributed by atoms with E-state index in [1.165, 1.54) is 6.07 Å². The molecule has 0 unspecified atom stereocenters. The molecule has 18 heavy (non-hydrogen) atoms. The topological polar surface area (TPSA) is 39.1 Å². The highest BCUT2D eigenvalue weighted by atomic mass is 19.1. The lowest BCUT2D eigenvalue weighted by molar-refractivity contribution is 0.0827. The zero-order valence-corrected chi connectivity index (χ0v) is 10.8. The summed E-state index contributed by atoms with van der Waals surface area (Å²) in [5, 5.41) is 12.2. The van der Waals surface area contributed by atoms with E-state index in [-0.39, 0.29) is 11.1 Å². The first-order valence-electron chi connectivity index (χ1n) is 6.17. The van der Waals surface area contributed by atoms with Gasteiger partial charge >= 0.3 is 0 Å². The van der Waals surface area contributed by atoms with Crippen molar-refractivity contribution in [3.63, 3.8) is 0 Å². The Bertz CT molecular complexity index is 476. The van der Waals surface area contributed by atoms with E-state index in [0.29, 0.717) is 0 Å². The summed E-state index contributed by atoms with van der Waals surface area (Å²) in [5.41, 5.74) is 1.20. The van der Waals surface area contributed by atoms with Crippen LogP contribution in [0.3, 0.4) is 0 Å². The van der Waals surface area contributed by atoms with Gasteiger partial charge in [0.05, 0.1) is 5.56 Å². The van der Waals surface area contributed by atoms with Crippen molar-refractivity contribution in [1.82, 2.24) is 10.2 Å². The molecule has 1 aromatic rings. The summed E-state index contributed by atoms with van der Waals surface area (Å²) in [6.45, 7) is 8.01. The van der Waals surface area contributed by atoms with Crippen LogP contribution < -0.4 is 5.32 Å². The molecule has 1 fully saturated rings. The second-order valence-corrected chi connectivity index (χ2v) is 5.34. The Balaban J connectivity index is 2.16. The number of halogens is 1. The summed E-state index contributed by atoms with van der Waals surface area (Å²) in [6, 6.07) is 6.67. The SMILES string of the molecule is CC1(C)CNCCN1Cc1ccc(F)c(C#N)c1. The van der Waals surface area contributed by atoms with Crippen LogP contribution in [0, 0.1) is 17.1 Å². The van der Waals surface area contributed by atoms with Gasteiger partial charge in [0.15, 0.2) is 0 Å². The third-order valence-electron chi connectivity index (χ3n) is 3.50. The zero-order chi connectivity index (χ0) is 13.2. The predicted octanol–water partition coefficient (Wildman–Crippen LogP) is 1.88. The van der Waals surface area contributed by atoms with Crippen molar-refractivity contribution < 1.29 is 4.39 Å². The number of rotatable bonds is 2. The fourth-order valence-electron chi connectivity index (χ4n) is 2.29. The van der Waals surface area contributed by atoms with Crippen molar-refractivity contribution in [1.29, 1.82) is 5.26 Å². The Kier molecular flexibility index (Phi) is 3.65. The van der Waals surface area contributed by atoms with Gasteiger partial charge in [-0.1, -0.05) is 6.07 Å². The molecule has 0 amide bonds. The predicted molar refractivity (Wildman–Crippen MR) is 68.5 cm³/mol. The fraction of sp³-hybridized carbons (Fsp3) is 0.500. The molecule has 1 aliphatic heterocycles. The second-order valence-electron chi connectivity index (χ2n) is 5.34. The van der Waals surface area contributed by atoms with Gasteiger partial charge in [-0.15, -0.1) is 0 Å². The van der Waals surface area contributed by atoms with Gasteiger partial charge in [-0.05, 0) is 31.5 Å². The molecule has 4 heteroatoms. The largest absolute Gasteiger partial charge is 0.314 e. The minimum absolute atomic E-state index is 0.0828. The number of piperazine rings is 1. The lowest BCUT2D eigenvalue weighted by Crippen LogP contribution is -2.57. The lowest BCUT2D eigenvalue weighted by Gasteiger charge is -2.42. The average molecular weight is 247 g/mol. The van der Waals surface area contributed by atoms with E-state index in [1.54, 1.807) is 12.1 Å². The molecule has 0 atom stereocenters. The zero-order valence-electron chi connectivity index (χ0n) is 10.8. The molecule has 2 rings (SSSR count). The number of hydrogen-bond donors (Lipinski definition) is 1. The molecule has 3 nitrogen and oxygen atoms in total. The van der Waals surface area contributed by atoms with Crippen molar-refractivity contribution in [2.75, 3.05) is 19.6 Å². The van der Waals surface area contributed by atoms with Crippen LogP contribution in [0.25, 0.3) is 0 Å². The number of nitriles is 1. The van der Waals surface area contributed by atoms with Crippen LogP contribution in [0.2, 0.25) is 0 Å². The first-order valence-corrected chi connectivity index (χ1v) is 6.17. The second kappa shape index (κ2) is 5.05. The normalized spacial score (nSPS) is 19.4. The minimum atomic E-state index is -0.444. The fourth-order valence-corrected chi connectivity index (χ4v) is 2.29. The Morgan fingerprint density at radius 1 is 1.50 bits per heavy atom. The smallest absolute Gasteiger partial charge is 0.140 e. The molecular formula is C14H18FN3. The van der Waals surface area contributed by atoms with E-state index < -0.39 is 5.82 Å². The van der Waals surface area contributed by atoms with Gasteiger partial charge in [-0.2, -0.15) is 5.26 Å². The van der Waals surface area contributed by atoms with Crippen LogP contribution in [-0.2, 0) is 6.54 Å². The number of benzene rings is 1. The highest BCUT2D eigenvalue weighted by molar-refractivity contribution is 5.34. The van der Waals surface area contributed by atoms with Gasteiger partial charge in [-0.3, -0.25) is 4.90 Å². The summed E-state index contributed by atoms with van der Waals surface area (Å²) in [4.78, 5) is 2.36. The molecule has 1 aliphatic rings. The molecule has 96 valence electrons. The monoisotopic (exact) mass is 247 g/mol. The molecule has 1 aromatic carbocycles. The van der Waals surface area contributed by atoms with Crippen molar-refractivity contribution in [3.8, 4) is 6.07 Å². The van der Waals surface area contributed by atoms with E-state index >= 15 is 0 Å². The molecule has 0 bridgehead atoms. The minimum Gasteiger partial charge on any atom is -0.314 e. The van der Waals surface area contributed by atoms with E-state index in [2.05, 4.69) is 24.1 Å². The molecule has 0 aromatic heterocycles. The van der Waals surface area contributed by atoms with E-state index in [9.17, 15) is 4.39 Å². The molecule has 0 spiro atoms. The van der Waals surface area contributed by atoms with E-state index in [0.717, 1.165) is 31.7 Å². The van der Waals surface area contributed by atoms with Crippen molar-refractivity contribution >= 4 is 0 Å². The van der Waals surface area contributed by atoms with Gasteiger partial charge in [0.25, 0.3) is 0 Å². The molecular weight excluding hydrogens is 229 g/mol. The lowest BCUT2D eigenvalue weighted by atomic mass is 9.99. The van der Waals surface area contributed by atoms with Gasteiger partial charge in [0.2, 0.25) is 0 Å². The molecule has 0 radical (unpaired) electrons. The molecule has 0 aliphatic carbocycles. The highest BCUT2D eigenvalue weighted by Crippen LogP contribution is 2.20. The Hall–Kier alpha value is -1.44. The summed E-state index contributed by atoms with van der Waals surface area (Å²) in [7, 11) is 0. The summed E-state index contributed by atoms with van der Waals surface area (Å²) >= 11 is 0. The van der Waals surface area contributed by atoms with Gasteiger partial charge < -0.3 is 5.32 Å². The van der Waals surface area contributed by atoms with E-state index in [4.69, 9.17) is 5.26 Å². The number of hydrogen-bond acceptors (Lipinski definition) is 3. The van der Waals surface area contributed by atoms with Crippen LogP contribution in [0.4, 0.5) is 4.39 Å². The van der Waals surface area contributed by atoms with Gasteiger partial charge in [-0.25, -0.2) is 4.39 Å². The number of nitrogens with zero attached hydrogens (tertiary/aromatic N) is 2. The standard InChI is InChI=1S/C14H18FN3/c1-14(2)10-17-5-6-18(14)9-11-3-4-13(15)12(7-11)8-16/h3-4,7,17H,5-6,9-10H2,1-2H3. The van der Waals surface area contributed by atoms with Crippen molar-refractivity contribution in [2.45, 2.75) is 25.9 Å².